The highest BCUT2D eigenvalue weighted by molar-refractivity contribution is 6.37. The van der Waals surface area contributed by atoms with Crippen molar-refractivity contribution in [3.8, 4) is 22.8 Å². The van der Waals surface area contributed by atoms with Crippen LogP contribution in [0, 0.1) is 0 Å². The zero-order valence-corrected chi connectivity index (χ0v) is 14.6. The lowest BCUT2D eigenvalue weighted by molar-refractivity contribution is 0.821. The molecular formula is C17H10Cl2N6O. The van der Waals surface area contributed by atoms with Gasteiger partial charge in [-0.1, -0.05) is 23.2 Å². The summed E-state index contributed by atoms with van der Waals surface area (Å²) in [4.78, 5) is 20.4. The van der Waals surface area contributed by atoms with Gasteiger partial charge < -0.3 is 0 Å². The third-order valence-electron chi connectivity index (χ3n) is 3.66. The van der Waals surface area contributed by atoms with Gasteiger partial charge in [0.2, 0.25) is 5.43 Å². The molecule has 0 saturated carbocycles. The first-order valence-corrected chi connectivity index (χ1v) is 8.25. The summed E-state index contributed by atoms with van der Waals surface area (Å²) in [7, 11) is 0. The van der Waals surface area contributed by atoms with Crippen molar-refractivity contribution in [2.75, 3.05) is 0 Å². The van der Waals surface area contributed by atoms with Gasteiger partial charge in [-0.25, -0.2) is 9.36 Å². The number of aromatic nitrogens is 6. The van der Waals surface area contributed by atoms with Gasteiger partial charge in [0.15, 0.2) is 5.69 Å². The number of hydrogen-bond donors (Lipinski definition) is 0. The Bertz CT molecular complexity index is 1120. The Kier molecular flexibility index (Phi) is 4.24. The van der Waals surface area contributed by atoms with E-state index >= 15 is 0 Å². The number of halogens is 2. The SMILES string of the molecule is O=c1ccn(-c2ccncc2)nc1-c1ccnn1-c1c(Cl)cncc1Cl. The van der Waals surface area contributed by atoms with E-state index in [-0.39, 0.29) is 11.1 Å². The van der Waals surface area contributed by atoms with Crippen molar-refractivity contribution in [2.24, 2.45) is 0 Å². The lowest BCUT2D eigenvalue weighted by Gasteiger charge is -2.11. The predicted molar refractivity (Wildman–Crippen MR) is 98.0 cm³/mol. The molecule has 0 bridgehead atoms. The van der Waals surface area contributed by atoms with E-state index in [1.807, 2.05) is 0 Å². The second-order valence-electron chi connectivity index (χ2n) is 5.26. The topological polar surface area (TPSA) is 78.5 Å². The van der Waals surface area contributed by atoms with Crippen molar-refractivity contribution in [3.63, 3.8) is 0 Å². The molecular weight excluding hydrogens is 375 g/mol. The highest BCUT2D eigenvalue weighted by atomic mass is 35.5. The van der Waals surface area contributed by atoms with Crippen molar-refractivity contribution in [2.45, 2.75) is 0 Å². The smallest absolute Gasteiger partial charge is 0.209 e. The first-order valence-electron chi connectivity index (χ1n) is 7.49. The monoisotopic (exact) mass is 384 g/mol. The molecule has 0 aliphatic heterocycles. The molecule has 4 aromatic heterocycles. The van der Waals surface area contributed by atoms with Crippen molar-refractivity contribution in [3.05, 3.63) is 81.7 Å². The van der Waals surface area contributed by atoms with Crippen molar-refractivity contribution >= 4 is 23.2 Å². The molecule has 4 rings (SSSR count). The van der Waals surface area contributed by atoms with Crippen LogP contribution in [0.25, 0.3) is 22.8 Å². The fourth-order valence-corrected chi connectivity index (χ4v) is 3.02. The van der Waals surface area contributed by atoms with Gasteiger partial charge in [-0.3, -0.25) is 14.8 Å². The van der Waals surface area contributed by atoms with E-state index in [1.54, 1.807) is 47.7 Å². The molecule has 0 saturated heterocycles. The first kappa shape index (κ1) is 16.4. The van der Waals surface area contributed by atoms with Crippen LogP contribution in [0.5, 0.6) is 0 Å². The summed E-state index contributed by atoms with van der Waals surface area (Å²) in [6.45, 7) is 0. The molecule has 128 valence electrons. The second-order valence-corrected chi connectivity index (χ2v) is 6.07. The highest BCUT2D eigenvalue weighted by Gasteiger charge is 2.17. The molecule has 0 atom stereocenters. The lowest BCUT2D eigenvalue weighted by atomic mass is 10.2. The Morgan fingerprint density at radius 2 is 1.62 bits per heavy atom. The van der Waals surface area contributed by atoms with Crippen LogP contribution in [0.1, 0.15) is 0 Å². The molecule has 9 heteroatoms. The largest absolute Gasteiger partial charge is 0.287 e. The van der Waals surface area contributed by atoms with E-state index in [1.165, 1.54) is 23.1 Å². The fraction of sp³-hybridized carbons (Fsp3) is 0. The van der Waals surface area contributed by atoms with E-state index in [0.29, 0.717) is 21.4 Å². The molecule has 0 amide bonds. The van der Waals surface area contributed by atoms with Gasteiger partial charge in [-0.05, 0) is 18.2 Å². The third-order valence-corrected chi connectivity index (χ3v) is 4.21. The van der Waals surface area contributed by atoms with Crippen LogP contribution >= 0.6 is 23.2 Å². The van der Waals surface area contributed by atoms with E-state index in [4.69, 9.17) is 23.2 Å². The van der Waals surface area contributed by atoms with E-state index in [0.717, 1.165) is 5.69 Å². The highest BCUT2D eigenvalue weighted by Crippen LogP contribution is 2.29. The maximum Gasteiger partial charge on any atom is 0.209 e. The zero-order chi connectivity index (χ0) is 18.1. The third kappa shape index (κ3) is 2.87. The maximum absolute atomic E-state index is 12.4. The molecule has 4 heterocycles. The average molecular weight is 385 g/mol. The minimum absolute atomic E-state index is 0.214. The molecule has 0 fully saturated rings. The molecule has 0 aliphatic rings. The van der Waals surface area contributed by atoms with E-state index in [2.05, 4.69) is 20.2 Å². The summed E-state index contributed by atoms with van der Waals surface area (Å²) in [6, 6.07) is 6.69. The summed E-state index contributed by atoms with van der Waals surface area (Å²) in [5, 5.41) is 9.32. The summed E-state index contributed by atoms with van der Waals surface area (Å²) in [5.41, 5.74) is 1.63. The van der Waals surface area contributed by atoms with Crippen LogP contribution in [-0.4, -0.2) is 29.5 Å². The molecule has 0 N–H and O–H groups in total. The normalized spacial score (nSPS) is 10.8. The zero-order valence-electron chi connectivity index (χ0n) is 13.1. The molecule has 0 radical (unpaired) electrons. The molecule has 0 unspecified atom stereocenters. The maximum atomic E-state index is 12.4. The van der Waals surface area contributed by atoms with Crippen molar-refractivity contribution < 1.29 is 0 Å². The summed E-state index contributed by atoms with van der Waals surface area (Å²) < 4.78 is 3.07. The van der Waals surface area contributed by atoms with Gasteiger partial charge in [-0.15, -0.1) is 0 Å². The predicted octanol–water partition coefficient (Wildman–Crippen LogP) is 3.18. The summed E-state index contributed by atoms with van der Waals surface area (Å²) in [6.07, 6.45) is 9.36. The Morgan fingerprint density at radius 1 is 0.885 bits per heavy atom. The fourth-order valence-electron chi connectivity index (χ4n) is 2.49. The van der Waals surface area contributed by atoms with Gasteiger partial charge in [0.05, 0.1) is 27.6 Å². The summed E-state index contributed by atoms with van der Waals surface area (Å²) >= 11 is 12.5. The van der Waals surface area contributed by atoms with E-state index in [9.17, 15) is 4.79 Å². The minimum Gasteiger partial charge on any atom is -0.287 e. The van der Waals surface area contributed by atoms with Crippen LogP contribution in [0.15, 0.2) is 66.2 Å². The molecule has 4 aromatic rings. The van der Waals surface area contributed by atoms with Gasteiger partial charge in [-0.2, -0.15) is 10.2 Å². The van der Waals surface area contributed by atoms with Crippen LogP contribution in [0.4, 0.5) is 0 Å². The molecule has 0 spiro atoms. The van der Waals surface area contributed by atoms with Crippen molar-refractivity contribution in [1.29, 1.82) is 0 Å². The van der Waals surface area contributed by atoms with E-state index < -0.39 is 0 Å². The molecule has 26 heavy (non-hydrogen) atoms. The Morgan fingerprint density at radius 3 is 2.35 bits per heavy atom. The summed E-state index contributed by atoms with van der Waals surface area (Å²) in [5.74, 6) is 0. The molecule has 0 aromatic carbocycles. The Labute approximate surface area is 157 Å². The van der Waals surface area contributed by atoms with Crippen LogP contribution in [-0.2, 0) is 0 Å². The number of pyridine rings is 2. The Balaban J connectivity index is 1.91. The van der Waals surface area contributed by atoms with Crippen LogP contribution < -0.4 is 5.43 Å². The van der Waals surface area contributed by atoms with Gasteiger partial charge >= 0.3 is 0 Å². The van der Waals surface area contributed by atoms with Crippen LogP contribution in [0.3, 0.4) is 0 Å². The number of rotatable bonds is 3. The second kappa shape index (κ2) is 6.70. The Hall–Kier alpha value is -3.03. The standard InChI is InChI=1S/C17H10Cl2N6O/c18-12-9-21-10-13(19)17(12)25-14(3-7-22-25)16-15(26)4-8-24(23-16)11-1-5-20-6-2-11/h1-10H. The van der Waals surface area contributed by atoms with Gasteiger partial charge in [0, 0.05) is 37.1 Å². The molecule has 0 aliphatic carbocycles. The average Bonchev–Trinajstić information content (AvgIpc) is 3.12. The van der Waals surface area contributed by atoms with Gasteiger partial charge in [0.1, 0.15) is 5.69 Å². The van der Waals surface area contributed by atoms with Gasteiger partial charge in [0.25, 0.3) is 0 Å². The lowest BCUT2D eigenvalue weighted by Crippen LogP contribution is -2.15. The number of nitrogens with zero attached hydrogens (tertiary/aromatic N) is 6. The first-order chi connectivity index (χ1) is 12.6. The molecule has 7 nitrogen and oxygen atoms in total. The van der Waals surface area contributed by atoms with Crippen molar-refractivity contribution in [1.82, 2.24) is 29.5 Å². The minimum atomic E-state index is -0.252. The van der Waals surface area contributed by atoms with Crippen LogP contribution in [0.2, 0.25) is 10.0 Å². The number of hydrogen-bond acceptors (Lipinski definition) is 5. The quantitative estimate of drug-likeness (QED) is 0.541.